The normalized spacial score (nSPS) is 25.2. The number of likely N-dealkylation sites (N-methyl/N-ethyl adjacent to an activating group) is 1. The average molecular weight is 311 g/mol. The number of piperazine rings is 1. The second-order valence-corrected chi connectivity index (χ2v) is 5.91. The van der Waals surface area contributed by atoms with E-state index in [1.165, 1.54) is 0 Å². The predicted molar refractivity (Wildman–Crippen MR) is 76.7 cm³/mol. The van der Waals surface area contributed by atoms with Gasteiger partial charge >= 0.3 is 0 Å². The second-order valence-electron chi connectivity index (χ2n) is 5.05. The van der Waals surface area contributed by atoms with Crippen LogP contribution in [0, 0.1) is 0 Å². The molecule has 1 amide bonds. The highest BCUT2D eigenvalue weighted by Crippen LogP contribution is 2.21. The van der Waals surface area contributed by atoms with Gasteiger partial charge in [-0.3, -0.25) is 9.69 Å². The van der Waals surface area contributed by atoms with E-state index in [1.807, 2.05) is 29.2 Å². The number of rotatable bonds is 1. The zero-order valence-electron chi connectivity index (χ0n) is 11.1. The Hall–Kier alpha value is -0.870. The van der Waals surface area contributed by atoms with E-state index in [1.54, 1.807) is 0 Å². The third-order valence-electron chi connectivity index (χ3n) is 3.75. The third-order valence-corrected chi connectivity index (χ3v) is 4.44. The summed E-state index contributed by atoms with van der Waals surface area (Å²) in [6.07, 6.45) is 0. The maximum absolute atomic E-state index is 12.5. The number of hydrogen-bond donors (Lipinski definition) is 0. The molecular formula is C14H19BrN2O. The molecule has 4 heteroatoms. The molecule has 1 aromatic rings. The van der Waals surface area contributed by atoms with Crippen LogP contribution in [-0.2, 0) is 0 Å². The summed E-state index contributed by atoms with van der Waals surface area (Å²) in [6.45, 7) is 5.91. The van der Waals surface area contributed by atoms with Crippen LogP contribution in [0.15, 0.2) is 28.7 Å². The summed E-state index contributed by atoms with van der Waals surface area (Å²) in [7, 11) is 2.12. The van der Waals surface area contributed by atoms with Crippen LogP contribution >= 0.6 is 15.9 Å². The number of hydrogen-bond acceptors (Lipinski definition) is 2. The fourth-order valence-electron chi connectivity index (χ4n) is 2.38. The molecule has 0 aliphatic carbocycles. The van der Waals surface area contributed by atoms with Gasteiger partial charge < -0.3 is 4.90 Å². The Morgan fingerprint density at radius 3 is 2.33 bits per heavy atom. The lowest BCUT2D eigenvalue weighted by Gasteiger charge is -2.42. The summed E-state index contributed by atoms with van der Waals surface area (Å²) in [5, 5.41) is 0. The summed E-state index contributed by atoms with van der Waals surface area (Å²) < 4.78 is 0.870. The Bertz CT molecular complexity index is 437. The lowest BCUT2D eigenvalue weighted by molar-refractivity contribution is 0.0413. The van der Waals surface area contributed by atoms with E-state index in [0.29, 0.717) is 12.1 Å². The van der Waals surface area contributed by atoms with Gasteiger partial charge in [-0.25, -0.2) is 0 Å². The summed E-state index contributed by atoms with van der Waals surface area (Å²) in [5.41, 5.74) is 0.751. The number of amides is 1. The molecule has 2 rings (SSSR count). The van der Waals surface area contributed by atoms with Crippen molar-refractivity contribution in [3.8, 4) is 0 Å². The maximum Gasteiger partial charge on any atom is 0.255 e. The van der Waals surface area contributed by atoms with E-state index in [2.05, 4.69) is 41.7 Å². The summed E-state index contributed by atoms with van der Waals surface area (Å²) in [6, 6.07) is 8.42. The van der Waals surface area contributed by atoms with Gasteiger partial charge in [-0.15, -0.1) is 0 Å². The van der Waals surface area contributed by atoms with E-state index in [-0.39, 0.29) is 5.91 Å². The van der Waals surface area contributed by atoms with Crippen molar-refractivity contribution in [2.75, 3.05) is 20.1 Å². The van der Waals surface area contributed by atoms with Crippen molar-refractivity contribution in [2.24, 2.45) is 0 Å². The molecule has 3 nitrogen and oxygen atoms in total. The highest BCUT2D eigenvalue weighted by molar-refractivity contribution is 9.10. The predicted octanol–water partition coefficient (Wildman–Crippen LogP) is 2.61. The zero-order valence-corrected chi connectivity index (χ0v) is 12.6. The standard InChI is InChI=1S/C14H19BrN2O/c1-10-8-17(9-11(2)16(10)3)14(18)12-6-4-5-7-13(12)15/h4-7,10-11H,8-9H2,1-3H3. The topological polar surface area (TPSA) is 23.6 Å². The van der Waals surface area contributed by atoms with Crippen LogP contribution in [0.3, 0.4) is 0 Å². The van der Waals surface area contributed by atoms with Crippen molar-refractivity contribution in [2.45, 2.75) is 25.9 Å². The van der Waals surface area contributed by atoms with Gasteiger partial charge in [0, 0.05) is 29.6 Å². The van der Waals surface area contributed by atoms with Gasteiger partial charge in [0.1, 0.15) is 0 Å². The van der Waals surface area contributed by atoms with Gasteiger partial charge in [-0.1, -0.05) is 12.1 Å². The van der Waals surface area contributed by atoms with Crippen LogP contribution in [0.1, 0.15) is 24.2 Å². The molecule has 0 N–H and O–H groups in total. The maximum atomic E-state index is 12.5. The summed E-state index contributed by atoms with van der Waals surface area (Å²) in [4.78, 5) is 16.8. The van der Waals surface area contributed by atoms with Gasteiger partial charge in [-0.2, -0.15) is 0 Å². The molecule has 1 fully saturated rings. The van der Waals surface area contributed by atoms with E-state index in [9.17, 15) is 4.79 Å². The van der Waals surface area contributed by atoms with Crippen LogP contribution < -0.4 is 0 Å². The van der Waals surface area contributed by atoms with Crippen molar-refractivity contribution in [3.63, 3.8) is 0 Å². The van der Waals surface area contributed by atoms with Crippen molar-refractivity contribution in [3.05, 3.63) is 34.3 Å². The monoisotopic (exact) mass is 310 g/mol. The molecule has 1 heterocycles. The number of nitrogens with zero attached hydrogens (tertiary/aromatic N) is 2. The van der Waals surface area contributed by atoms with Gasteiger partial charge in [0.05, 0.1) is 5.56 Å². The number of halogens is 1. The first kappa shape index (κ1) is 13.6. The molecule has 0 bridgehead atoms. The molecule has 18 heavy (non-hydrogen) atoms. The summed E-state index contributed by atoms with van der Waals surface area (Å²) >= 11 is 3.45. The smallest absolute Gasteiger partial charge is 0.255 e. The molecule has 0 saturated carbocycles. The molecular weight excluding hydrogens is 292 g/mol. The first-order valence-corrected chi connectivity index (χ1v) is 7.05. The Balaban J connectivity index is 2.18. The molecule has 0 aromatic heterocycles. The van der Waals surface area contributed by atoms with Crippen molar-refractivity contribution in [1.29, 1.82) is 0 Å². The third kappa shape index (κ3) is 2.59. The Kier molecular flexibility index (Phi) is 4.07. The largest absolute Gasteiger partial charge is 0.335 e. The van der Waals surface area contributed by atoms with Crippen molar-refractivity contribution in [1.82, 2.24) is 9.80 Å². The molecule has 1 aliphatic rings. The minimum Gasteiger partial charge on any atom is -0.335 e. The fourth-order valence-corrected chi connectivity index (χ4v) is 2.83. The number of carbonyl (C=O) groups is 1. The van der Waals surface area contributed by atoms with Crippen LogP contribution in [-0.4, -0.2) is 47.9 Å². The Morgan fingerprint density at radius 1 is 1.22 bits per heavy atom. The minimum absolute atomic E-state index is 0.120. The highest BCUT2D eigenvalue weighted by atomic mass is 79.9. The van der Waals surface area contributed by atoms with Crippen LogP contribution in [0.5, 0.6) is 0 Å². The van der Waals surface area contributed by atoms with E-state index in [0.717, 1.165) is 23.1 Å². The summed E-state index contributed by atoms with van der Waals surface area (Å²) in [5.74, 6) is 0.120. The van der Waals surface area contributed by atoms with Gasteiger partial charge in [-0.05, 0) is 49.0 Å². The molecule has 1 aliphatic heterocycles. The van der Waals surface area contributed by atoms with Crippen molar-refractivity contribution >= 4 is 21.8 Å². The molecule has 1 saturated heterocycles. The molecule has 0 radical (unpaired) electrons. The van der Waals surface area contributed by atoms with Crippen LogP contribution in [0.4, 0.5) is 0 Å². The first-order valence-electron chi connectivity index (χ1n) is 6.26. The molecule has 2 unspecified atom stereocenters. The molecule has 1 aromatic carbocycles. The first-order chi connectivity index (χ1) is 8.50. The van der Waals surface area contributed by atoms with E-state index >= 15 is 0 Å². The second kappa shape index (κ2) is 5.41. The molecule has 98 valence electrons. The zero-order chi connectivity index (χ0) is 13.3. The highest BCUT2D eigenvalue weighted by Gasteiger charge is 2.30. The lowest BCUT2D eigenvalue weighted by Crippen LogP contribution is -2.56. The average Bonchev–Trinajstić information content (AvgIpc) is 2.35. The van der Waals surface area contributed by atoms with Gasteiger partial charge in [0.25, 0.3) is 5.91 Å². The fraction of sp³-hybridized carbons (Fsp3) is 0.500. The van der Waals surface area contributed by atoms with E-state index < -0.39 is 0 Å². The minimum atomic E-state index is 0.120. The van der Waals surface area contributed by atoms with Gasteiger partial charge in [0.15, 0.2) is 0 Å². The van der Waals surface area contributed by atoms with E-state index in [4.69, 9.17) is 0 Å². The quantitative estimate of drug-likeness (QED) is 0.796. The van der Waals surface area contributed by atoms with Gasteiger partial charge in [0.2, 0.25) is 0 Å². The Labute approximate surface area is 117 Å². The van der Waals surface area contributed by atoms with Crippen LogP contribution in [0.25, 0.3) is 0 Å². The molecule has 0 spiro atoms. The molecule has 2 atom stereocenters. The van der Waals surface area contributed by atoms with Crippen LogP contribution in [0.2, 0.25) is 0 Å². The number of carbonyl (C=O) groups excluding carboxylic acids is 1. The number of benzene rings is 1. The lowest BCUT2D eigenvalue weighted by atomic mass is 10.1. The Morgan fingerprint density at radius 2 is 1.78 bits per heavy atom. The van der Waals surface area contributed by atoms with Crippen molar-refractivity contribution < 1.29 is 4.79 Å². The SMILES string of the molecule is CC1CN(C(=O)c2ccccc2Br)CC(C)N1C.